The molecule has 1 amide bonds. The second-order valence-corrected chi connectivity index (χ2v) is 23.3. The summed E-state index contributed by atoms with van der Waals surface area (Å²) in [5.74, 6) is -0.571. The molecule has 0 aromatic heterocycles. The van der Waals surface area contributed by atoms with Gasteiger partial charge in [-0.1, -0.05) is 233 Å². The molecule has 78 heavy (non-hydrogen) atoms. The van der Waals surface area contributed by atoms with Gasteiger partial charge in [0.25, 0.3) is 0 Å². The van der Waals surface area contributed by atoms with E-state index in [1.807, 2.05) is 33.3 Å². The molecule has 9 nitrogen and oxygen atoms in total. The molecule has 10 heteroatoms. The lowest BCUT2D eigenvalue weighted by molar-refractivity contribution is -0.870. The molecule has 0 aliphatic heterocycles. The molecule has 3 unspecified atom stereocenters. The number of nitrogens with zero attached hydrogens (tertiary/aromatic N) is 1. The number of likely N-dealkylation sites (N-methyl/N-ethyl adjacent to an activating group) is 1. The molecule has 446 valence electrons. The summed E-state index contributed by atoms with van der Waals surface area (Å²) in [6, 6.07) is -0.882. The molecule has 0 saturated heterocycles. The van der Waals surface area contributed by atoms with Crippen LogP contribution in [0.3, 0.4) is 0 Å². The second-order valence-electron chi connectivity index (χ2n) is 21.8. The van der Waals surface area contributed by atoms with Crippen molar-refractivity contribution in [2.75, 3.05) is 40.9 Å². The molecule has 0 saturated carbocycles. The van der Waals surface area contributed by atoms with Crippen LogP contribution in [-0.2, 0) is 27.9 Å². The van der Waals surface area contributed by atoms with Gasteiger partial charge in [-0.3, -0.25) is 18.6 Å². The first-order chi connectivity index (χ1) is 37.9. The first-order valence-electron chi connectivity index (χ1n) is 31.4. The van der Waals surface area contributed by atoms with E-state index in [9.17, 15) is 19.0 Å². The number of carbonyl (C=O) groups excluding carboxylic acids is 2. The maximum atomic E-state index is 13.5. The van der Waals surface area contributed by atoms with Gasteiger partial charge < -0.3 is 19.4 Å². The summed E-state index contributed by atoms with van der Waals surface area (Å²) in [6.45, 7) is 6.81. The summed E-state index contributed by atoms with van der Waals surface area (Å²) in [5, 5.41) is 3.03. The van der Waals surface area contributed by atoms with E-state index in [1.165, 1.54) is 77.0 Å². The Hall–Kier alpha value is -3.59. The number of quaternary nitrogens is 1. The normalized spacial score (nSPS) is 14.5. The van der Waals surface area contributed by atoms with E-state index in [0.717, 1.165) is 122 Å². The Morgan fingerprint density at radius 1 is 0.462 bits per heavy atom. The Labute approximate surface area is 480 Å². The van der Waals surface area contributed by atoms with E-state index in [0.29, 0.717) is 23.9 Å². The summed E-state index contributed by atoms with van der Waals surface area (Å²) in [4.78, 5) is 37.7. The zero-order chi connectivity index (χ0) is 57.2. The fraction of sp³-hybridized carbons (Fsp3) is 0.676. The van der Waals surface area contributed by atoms with Crippen LogP contribution in [0.2, 0.25) is 0 Å². The highest BCUT2D eigenvalue weighted by Gasteiger charge is 2.30. The van der Waals surface area contributed by atoms with E-state index < -0.39 is 20.0 Å². The number of hydrogen-bond acceptors (Lipinski definition) is 6. The van der Waals surface area contributed by atoms with Crippen LogP contribution in [0.15, 0.2) is 122 Å². The quantitative estimate of drug-likeness (QED) is 0.0205. The van der Waals surface area contributed by atoms with Crippen LogP contribution in [0.5, 0.6) is 0 Å². The van der Waals surface area contributed by atoms with Gasteiger partial charge in [0, 0.05) is 12.8 Å². The Bertz CT molecular complexity index is 1750. The molecule has 0 radical (unpaired) electrons. The molecular weight excluding hydrogens is 988 g/mol. The van der Waals surface area contributed by atoms with Gasteiger partial charge in [0.2, 0.25) is 5.91 Å². The minimum Gasteiger partial charge on any atom is -0.456 e. The van der Waals surface area contributed by atoms with Gasteiger partial charge in [0.1, 0.15) is 19.3 Å². The Morgan fingerprint density at radius 2 is 0.821 bits per heavy atom. The number of unbranched alkanes of at least 4 members (excludes halogenated alkanes) is 21. The van der Waals surface area contributed by atoms with Crippen LogP contribution in [0, 0.1) is 0 Å². The van der Waals surface area contributed by atoms with Gasteiger partial charge in [-0.15, -0.1) is 0 Å². The van der Waals surface area contributed by atoms with Crippen molar-refractivity contribution in [2.24, 2.45) is 0 Å². The van der Waals surface area contributed by atoms with E-state index >= 15 is 0 Å². The van der Waals surface area contributed by atoms with Gasteiger partial charge in [0.05, 0.1) is 33.8 Å². The lowest BCUT2D eigenvalue weighted by Crippen LogP contribution is -2.47. The fourth-order valence-corrected chi connectivity index (χ4v) is 9.04. The third kappa shape index (κ3) is 57.1. The van der Waals surface area contributed by atoms with Gasteiger partial charge in [-0.2, -0.15) is 0 Å². The molecular formula is C68H118N2O7P+. The summed E-state index contributed by atoms with van der Waals surface area (Å²) in [7, 11) is 1.44. The summed E-state index contributed by atoms with van der Waals surface area (Å²) in [6.07, 6.45) is 79.1. The maximum Gasteiger partial charge on any atom is 0.472 e. The second kappa shape index (κ2) is 56.7. The van der Waals surface area contributed by atoms with Crippen LogP contribution >= 0.6 is 7.82 Å². The van der Waals surface area contributed by atoms with E-state index in [-0.39, 0.29) is 37.9 Å². The fourth-order valence-electron chi connectivity index (χ4n) is 8.30. The SMILES string of the molecule is CC/C=C\C/C=C\C/C=C\C/C=C\C/C=C\CCCCCC(=O)NC(COP(=O)(O)OCC[N+](C)(C)C)C(/C=C/CCCCCCCCCCCC)OC(=O)CCCCCCC/C=C\C/C=C\C/C=C\C/C=C\CCCCC. The predicted molar refractivity (Wildman–Crippen MR) is 336 cm³/mol. The van der Waals surface area contributed by atoms with Gasteiger partial charge in [-0.05, 0) is 122 Å². The number of phosphoric acid groups is 1. The van der Waals surface area contributed by atoms with Gasteiger partial charge in [0.15, 0.2) is 0 Å². The van der Waals surface area contributed by atoms with E-state index in [1.54, 1.807) is 0 Å². The topological polar surface area (TPSA) is 111 Å². The number of ether oxygens (including phenoxy) is 1. The molecule has 2 N–H and O–H groups in total. The van der Waals surface area contributed by atoms with Crippen molar-refractivity contribution in [3.63, 3.8) is 0 Å². The number of nitrogens with one attached hydrogen (secondary N) is 1. The lowest BCUT2D eigenvalue weighted by atomic mass is 10.1. The molecule has 0 spiro atoms. The average Bonchev–Trinajstić information content (AvgIpc) is 3.40. The number of rotatable bonds is 55. The van der Waals surface area contributed by atoms with Crippen molar-refractivity contribution < 1.29 is 37.3 Å². The first-order valence-corrected chi connectivity index (χ1v) is 32.9. The smallest absolute Gasteiger partial charge is 0.456 e. The molecule has 0 aromatic carbocycles. The largest absolute Gasteiger partial charge is 0.472 e. The van der Waals surface area contributed by atoms with Crippen LogP contribution in [0.4, 0.5) is 0 Å². The molecule has 0 aliphatic carbocycles. The Morgan fingerprint density at radius 3 is 1.27 bits per heavy atom. The number of hydrogen-bond donors (Lipinski definition) is 2. The Kier molecular flexibility index (Phi) is 54.1. The highest BCUT2D eigenvalue weighted by Crippen LogP contribution is 2.43. The highest BCUT2D eigenvalue weighted by molar-refractivity contribution is 7.47. The number of esters is 1. The molecule has 0 rings (SSSR count). The Balaban J connectivity index is 5.36. The minimum atomic E-state index is -4.47. The third-order valence-electron chi connectivity index (χ3n) is 13.1. The third-order valence-corrected chi connectivity index (χ3v) is 14.1. The molecule has 0 bridgehead atoms. The zero-order valence-electron chi connectivity index (χ0n) is 50.9. The van der Waals surface area contributed by atoms with Crippen LogP contribution in [0.25, 0.3) is 0 Å². The monoisotopic (exact) mass is 1110 g/mol. The van der Waals surface area contributed by atoms with Crippen molar-refractivity contribution in [3.8, 4) is 0 Å². The molecule has 0 aliphatic rings. The maximum absolute atomic E-state index is 13.5. The predicted octanol–water partition coefficient (Wildman–Crippen LogP) is 19.5. The van der Waals surface area contributed by atoms with E-state index in [2.05, 4.69) is 135 Å². The minimum absolute atomic E-state index is 0.0235. The van der Waals surface area contributed by atoms with Crippen molar-refractivity contribution in [1.82, 2.24) is 5.32 Å². The summed E-state index contributed by atoms with van der Waals surface area (Å²) < 4.78 is 30.7. The first kappa shape index (κ1) is 74.4. The molecule has 3 atom stereocenters. The van der Waals surface area contributed by atoms with Crippen molar-refractivity contribution in [3.05, 3.63) is 122 Å². The van der Waals surface area contributed by atoms with Crippen molar-refractivity contribution >= 4 is 19.7 Å². The van der Waals surface area contributed by atoms with Gasteiger partial charge >= 0.3 is 13.8 Å². The van der Waals surface area contributed by atoms with Crippen molar-refractivity contribution in [2.45, 2.75) is 258 Å². The zero-order valence-corrected chi connectivity index (χ0v) is 51.8. The lowest BCUT2D eigenvalue weighted by Gasteiger charge is -2.27. The molecule has 0 aromatic rings. The van der Waals surface area contributed by atoms with Gasteiger partial charge in [-0.25, -0.2) is 4.57 Å². The highest BCUT2D eigenvalue weighted by atomic mass is 31.2. The van der Waals surface area contributed by atoms with Crippen molar-refractivity contribution in [1.29, 1.82) is 0 Å². The standard InChI is InChI=1S/C68H117N2O7P/c1-7-10-13-16-19-22-25-28-30-32-34-35-37-39-41-43-46-49-52-55-58-61-68(72)77-66(59-56-53-50-47-44-27-24-21-18-15-12-9-3)65(64-76-78(73,74)75-63-62-70(4,5)6)69-67(71)60-57-54-51-48-45-42-40-38-36-33-31-29-26-23-20-17-14-11-8-2/h11,14,19-20,22-23,28-31,34-36,38-39,41-42,45,56,59,65-66H,7-10,12-13,15-18,21,24-27,32-33,37,40,43-44,46-55,57-58,60-64H2,1-6H3,(H-,69,71,73,74)/p+1/b14-11-,22-19-,23-20-,30-28-,31-29-,35-34-,38-36-,41-39-,45-42-,59-56+. The summed E-state index contributed by atoms with van der Waals surface area (Å²) >= 11 is 0. The number of amides is 1. The summed E-state index contributed by atoms with van der Waals surface area (Å²) in [5.41, 5.74) is 0. The number of phosphoric ester groups is 1. The number of carbonyl (C=O) groups is 2. The van der Waals surface area contributed by atoms with Crippen LogP contribution in [0.1, 0.15) is 245 Å². The molecule has 0 fully saturated rings. The van der Waals surface area contributed by atoms with E-state index in [4.69, 9.17) is 13.8 Å². The number of allylic oxidation sites excluding steroid dienone is 19. The van der Waals surface area contributed by atoms with Crippen LogP contribution in [-0.4, -0.2) is 74.3 Å². The average molecular weight is 1110 g/mol. The van der Waals surface area contributed by atoms with Crippen LogP contribution < -0.4 is 5.32 Å². The molecule has 0 heterocycles.